The summed E-state index contributed by atoms with van der Waals surface area (Å²) >= 11 is 0. The van der Waals surface area contributed by atoms with Crippen LogP contribution in [0.25, 0.3) is 0 Å². The number of hydrogen-bond acceptors (Lipinski definition) is 4. The van der Waals surface area contributed by atoms with Gasteiger partial charge in [-0.2, -0.15) is 0 Å². The standard InChI is InChI=1S/C13H21N3O2/c1-5-6-16(7-8-18-4)13(17)12-9-10(2)14-11(3)15-12/h9H,5-8H2,1-4H3. The van der Waals surface area contributed by atoms with Gasteiger partial charge in [-0.3, -0.25) is 4.79 Å². The normalized spacial score (nSPS) is 10.4. The van der Waals surface area contributed by atoms with E-state index < -0.39 is 0 Å². The summed E-state index contributed by atoms with van der Waals surface area (Å²) in [6.45, 7) is 7.54. The van der Waals surface area contributed by atoms with Gasteiger partial charge in [-0.15, -0.1) is 0 Å². The van der Waals surface area contributed by atoms with Crippen molar-refractivity contribution in [3.8, 4) is 0 Å². The summed E-state index contributed by atoms with van der Waals surface area (Å²) < 4.78 is 5.03. The van der Waals surface area contributed by atoms with Crippen LogP contribution in [0.4, 0.5) is 0 Å². The van der Waals surface area contributed by atoms with E-state index in [0.717, 1.165) is 12.1 Å². The molecule has 5 nitrogen and oxygen atoms in total. The number of hydrogen-bond donors (Lipinski definition) is 0. The number of amides is 1. The third-order valence-corrected chi connectivity index (χ3v) is 2.53. The van der Waals surface area contributed by atoms with Gasteiger partial charge in [0, 0.05) is 25.9 Å². The number of nitrogens with zero attached hydrogens (tertiary/aromatic N) is 3. The summed E-state index contributed by atoms with van der Waals surface area (Å²) in [4.78, 5) is 22.5. The number of rotatable bonds is 6. The van der Waals surface area contributed by atoms with Gasteiger partial charge < -0.3 is 9.64 Å². The maximum atomic E-state index is 12.3. The van der Waals surface area contributed by atoms with E-state index in [0.29, 0.717) is 31.2 Å². The van der Waals surface area contributed by atoms with Gasteiger partial charge in [-0.05, 0) is 26.3 Å². The quantitative estimate of drug-likeness (QED) is 0.770. The Hall–Kier alpha value is -1.49. The second-order valence-electron chi connectivity index (χ2n) is 4.23. The molecule has 0 saturated carbocycles. The summed E-state index contributed by atoms with van der Waals surface area (Å²) in [5.41, 5.74) is 1.28. The fraction of sp³-hybridized carbons (Fsp3) is 0.615. The number of ether oxygens (including phenoxy) is 1. The molecule has 0 aromatic carbocycles. The van der Waals surface area contributed by atoms with Crippen LogP contribution < -0.4 is 0 Å². The van der Waals surface area contributed by atoms with E-state index in [1.807, 2.05) is 13.8 Å². The fourth-order valence-electron chi connectivity index (χ4n) is 1.77. The Morgan fingerprint density at radius 3 is 2.61 bits per heavy atom. The summed E-state index contributed by atoms with van der Waals surface area (Å²) in [6, 6.07) is 1.73. The molecule has 0 saturated heterocycles. The lowest BCUT2D eigenvalue weighted by atomic mass is 10.2. The van der Waals surface area contributed by atoms with Crippen molar-refractivity contribution >= 4 is 5.91 Å². The molecule has 0 radical (unpaired) electrons. The van der Waals surface area contributed by atoms with E-state index in [1.165, 1.54) is 0 Å². The van der Waals surface area contributed by atoms with E-state index in [9.17, 15) is 4.79 Å². The smallest absolute Gasteiger partial charge is 0.272 e. The van der Waals surface area contributed by atoms with Gasteiger partial charge in [0.1, 0.15) is 11.5 Å². The highest BCUT2D eigenvalue weighted by Gasteiger charge is 2.16. The van der Waals surface area contributed by atoms with Gasteiger partial charge in [-0.25, -0.2) is 9.97 Å². The molecule has 0 atom stereocenters. The molecule has 0 aliphatic heterocycles. The Morgan fingerprint density at radius 2 is 2.06 bits per heavy atom. The lowest BCUT2D eigenvalue weighted by Gasteiger charge is -2.21. The van der Waals surface area contributed by atoms with E-state index in [2.05, 4.69) is 9.97 Å². The first kappa shape index (κ1) is 14.6. The fourth-order valence-corrected chi connectivity index (χ4v) is 1.77. The molecule has 0 aliphatic carbocycles. The van der Waals surface area contributed by atoms with Crippen molar-refractivity contribution in [1.29, 1.82) is 0 Å². The largest absolute Gasteiger partial charge is 0.383 e. The van der Waals surface area contributed by atoms with E-state index in [1.54, 1.807) is 25.0 Å². The second kappa shape index (κ2) is 7.06. The minimum absolute atomic E-state index is 0.0532. The molecule has 100 valence electrons. The van der Waals surface area contributed by atoms with Gasteiger partial charge in [0.25, 0.3) is 5.91 Å². The van der Waals surface area contributed by atoms with Gasteiger partial charge >= 0.3 is 0 Å². The molecule has 0 N–H and O–H groups in total. The highest BCUT2D eigenvalue weighted by atomic mass is 16.5. The lowest BCUT2D eigenvalue weighted by Crippen LogP contribution is -2.35. The number of aryl methyl sites for hydroxylation is 2. The molecular weight excluding hydrogens is 230 g/mol. The van der Waals surface area contributed by atoms with Crippen molar-refractivity contribution < 1.29 is 9.53 Å². The maximum Gasteiger partial charge on any atom is 0.272 e. The Bertz CT molecular complexity index is 387. The topological polar surface area (TPSA) is 55.3 Å². The molecule has 0 spiro atoms. The van der Waals surface area contributed by atoms with Gasteiger partial charge in [0.15, 0.2) is 0 Å². The Kier molecular flexibility index (Phi) is 5.71. The summed E-state index contributed by atoms with van der Waals surface area (Å²) in [5, 5.41) is 0. The minimum Gasteiger partial charge on any atom is -0.383 e. The number of methoxy groups -OCH3 is 1. The Balaban J connectivity index is 2.86. The van der Waals surface area contributed by atoms with Gasteiger partial charge in [0.2, 0.25) is 0 Å². The first-order valence-corrected chi connectivity index (χ1v) is 6.19. The summed E-state index contributed by atoms with van der Waals surface area (Å²) in [5.74, 6) is 0.573. The lowest BCUT2D eigenvalue weighted by molar-refractivity contribution is 0.0689. The van der Waals surface area contributed by atoms with E-state index in [-0.39, 0.29) is 5.91 Å². The average molecular weight is 251 g/mol. The van der Waals surface area contributed by atoms with Gasteiger partial charge in [0.05, 0.1) is 6.61 Å². The summed E-state index contributed by atoms with van der Waals surface area (Å²) in [7, 11) is 1.63. The number of carbonyl (C=O) groups is 1. The highest BCUT2D eigenvalue weighted by Crippen LogP contribution is 2.05. The molecule has 0 bridgehead atoms. The van der Waals surface area contributed by atoms with Crippen LogP contribution >= 0.6 is 0 Å². The predicted octanol–water partition coefficient (Wildman–Crippen LogP) is 1.59. The molecule has 1 aromatic rings. The number of aromatic nitrogens is 2. The van der Waals surface area contributed by atoms with Crippen molar-refractivity contribution in [2.45, 2.75) is 27.2 Å². The zero-order chi connectivity index (χ0) is 13.5. The molecule has 1 aromatic heterocycles. The van der Waals surface area contributed by atoms with Crippen LogP contribution in [0.3, 0.4) is 0 Å². The van der Waals surface area contributed by atoms with Crippen LogP contribution in [0.5, 0.6) is 0 Å². The predicted molar refractivity (Wildman–Crippen MR) is 69.6 cm³/mol. The molecule has 1 rings (SSSR count). The van der Waals surface area contributed by atoms with Crippen molar-refractivity contribution in [3.63, 3.8) is 0 Å². The van der Waals surface area contributed by atoms with Crippen LogP contribution in [-0.2, 0) is 4.74 Å². The van der Waals surface area contributed by atoms with E-state index in [4.69, 9.17) is 4.74 Å². The van der Waals surface area contributed by atoms with Crippen molar-refractivity contribution in [3.05, 3.63) is 23.3 Å². The zero-order valence-electron chi connectivity index (χ0n) is 11.6. The first-order valence-electron chi connectivity index (χ1n) is 6.19. The molecule has 1 heterocycles. The SMILES string of the molecule is CCCN(CCOC)C(=O)c1cc(C)nc(C)n1. The second-order valence-corrected chi connectivity index (χ2v) is 4.23. The molecular formula is C13H21N3O2. The third kappa shape index (κ3) is 4.07. The van der Waals surface area contributed by atoms with Crippen LogP contribution in [0.2, 0.25) is 0 Å². The molecule has 18 heavy (non-hydrogen) atoms. The summed E-state index contributed by atoms with van der Waals surface area (Å²) in [6.07, 6.45) is 0.915. The Morgan fingerprint density at radius 1 is 1.33 bits per heavy atom. The highest BCUT2D eigenvalue weighted by molar-refractivity contribution is 5.92. The first-order chi connectivity index (χ1) is 8.58. The van der Waals surface area contributed by atoms with Crippen LogP contribution in [0.15, 0.2) is 6.07 Å². The maximum absolute atomic E-state index is 12.3. The average Bonchev–Trinajstić information content (AvgIpc) is 2.32. The molecule has 0 unspecified atom stereocenters. The Labute approximate surface area is 108 Å². The van der Waals surface area contributed by atoms with Gasteiger partial charge in [-0.1, -0.05) is 6.92 Å². The molecule has 5 heteroatoms. The molecule has 1 amide bonds. The third-order valence-electron chi connectivity index (χ3n) is 2.53. The van der Waals surface area contributed by atoms with Crippen LogP contribution in [0, 0.1) is 13.8 Å². The number of carbonyl (C=O) groups excluding carboxylic acids is 1. The van der Waals surface area contributed by atoms with Crippen molar-refractivity contribution in [2.75, 3.05) is 26.8 Å². The molecule has 0 aliphatic rings. The van der Waals surface area contributed by atoms with Crippen molar-refractivity contribution in [2.24, 2.45) is 0 Å². The monoisotopic (exact) mass is 251 g/mol. The molecule has 0 fully saturated rings. The zero-order valence-corrected chi connectivity index (χ0v) is 11.6. The minimum atomic E-state index is -0.0532. The van der Waals surface area contributed by atoms with Crippen molar-refractivity contribution in [1.82, 2.24) is 14.9 Å². The van der Waals surface area contributed by atoms with Crippen LogP contribution in [-0.4, -0.2) is 47.6 Å². The van der Waals surface area contributed by atoms with Crippen LogP contribution in [0.1, 0.15) is 35.4 Å². The van der Waals surface area contributed by atoms with E-state index >= 15 is 0 Å².